The van der Waals surface area contributed by atoms with E-state index in [9.17, 15) is 14.0 Å². The van der Waals surface area contributed by atoms with Gasteiger partial charge < -0.3 is 15.5 Å². The number of amides is 2. The highest BCUT2D eigenvalue weighted by atomic mass is 19.1. The highest BCUT2D eigenvalue weighted by Gasteiger charge is 2.25. The summed E-state index contributed by atoms with van der Waals surface area (Å²) in [5.41, 5.74) is 2.12. The number of hydrogen-bond acceptors (Lipinski definition) is 3. The minimum Gasteiger partial charge on any atom is -0.371 e. The second kappa shape index (κ2) is 8.64. The Morgan fingerprint density at radius 3 is 2.31 bits per heavy atom. The molecule has 0 radical (unpaired) electrons. The second-order valence-electron chi connectivity index (χ2n) is 7.91. The summed E-state index contributed by atoms with van der Waals surface area (Å²) in [5, 5.41) is 6.08. The van der Waals surface area contributed by atoms with Crippen molar-refractivity contribution in [3.8, 4) is 0 Å². The van der Waals surface area contributed by atoms with E-state index in [2.05, 4.69) is 15.5 Å². The van der Waals surface area contributed by atoms with Crippen LogP contribution in [0.25, 0.3) is 0 Å². The number of carbonyl (C=O) groups excluding carboxylic acids is 2. The quantitative estimate of drug-likeness (QED) is 0.788. The van der Waals surface area contributed by atoms with Crippen LogP contribution in [0.5, 0.6) is 0 Å². The number of rotatable bonds is 6. The van der Waals surface area contributed by atoms with E-state index in [1.54, 1.807) is 0 Å². The van der Waals surface area contributed by atoms with Gasteiger partial charge in [-0.2, -0.15) is 0 Å². The van der Waals surface area contributed by atoms with Crippen molar-refractivity contribution < 1.29 is 14.0 Å². The van der Waals surface area contributed by atoms with Gasteiger partial charge in [0.2, 0.25) is 0 Å². The number of piperidine rings is 1. The van der Waals surface area contributed by atoms with Crippen LogP contribution in [-0.2, 0) is 0 Å². The molecule has 1 saturated carbocycles. The first kappa shape index (κ1) is 19.4. The standard InChI is InChI=1S/C23H26FN3O2/c24-18-9-7-17(8-10-18)22(28)26-19-11-13-27(14-12-19)21-4-2-1-3-20(21)23(29)25-15-16-5-6-16/h1-4,7-10,16,19H,5-6,11-15H2,(H,25,29)(H,26,28). The van der Waals surface area contributed by atoms with E-state index in [-0.39, 0.29) is 23.7 Å². The van der Waals surface area contributed by atoms with Crippen molar-refractivity contribution in [2.75, 3.05) is 24.5 Å². The molecule has 152 valence electrons. The van der Waals surface area contributed by atoms with Gasteiger partial charge in [-0.15, -0.1) is 0 Å². The molecule has 1 heterocycles. The van der Waals surface area contributed by atoms with Crippen LogP contribution in [0.4, 0.5) is 10.1 Å². The third kappa shape index (κ3) is 4.94. The molecular formula is C23H26FN3O2. The number of carbonyl (C=O) groups is 2. The van der Waals surface area contributed by atoms with Crippen molar-refractivity contribution in [3.63, 3.8) is 0 Å². The molecule has 1 aliphatic carbocycles. The fourth-order valence-electron chi connectivity index (χ4n) is 3.73. The maximum absolute atomic E-state index is 13.0. The lowest BCUT2D eigenvalue weighted by Crippen LogP contribution is -2.45. The van der Waals surface area contributed by atoms with Crippen LogP contribution >= 0.6 is 0 Å². The molecule has 1 saturated heterocycles. The van der Waals surface area contributed by atoms with Crippen LogP contribution in [0.2, 0.25) is 0 Å². The predicted octanol–water partition coefficient (Wildman–Crippen LogP) is 3.36. The lowest BCUT2D eigenvalue weighted by Gasteiger charge is -2.35. The number of benzene rings is 2. The Hall–Kier alpha value is -2.89. The van der Waals surface area contributed by atoms with Gasteiger partial charge in [0.05, 0.1) is 5.56 Å². The third-order valence-corrected chi connectivity index (χ3v) is 5.67. The van der Waals surface area contributed by atoms with Crippen molar-refractivity contribution in [3.05, 3.63) is 65.5 Å². The summed E-state index contributed by atoms with van der Waals surface area (Å²) in [7, 11) is 0. The normalized spacial score (nSPS) is 17.1. The fourth-order valence-corrected chi connectivity index (χ4v) is 3.73. The number of anilines is 1. The van der Waals surface area contributed by atoms with Crippen LogP contribution in [0.15, 0.2) is 48.5 Å². The van der Waals surface area contributed by atoms with Crippen molar-refractivity contribution in [2.24, 2.45) is 5.92 Å². The van der Waals surface area contributed by atoms with Gasteiger partial charge in [-0.05, 0) is 68.0 Å². The van der Waals surface area contributed by atoms with E-state index in [0.29, 0.717) is 17.0 Å². The van der Waals surface area contributed by atoms with Gasteiger partial charge in [-0.3, -0.25) is 9.59 Å². The van der Waals surface area contributed by atoms with Crippen molar-refractivity contribution in [1.82, 2.24) is 10.6 Å². The molecule has 4 rings (SSSR count). The van der Waals surface area contributed by atoms with Gasteiger partial charge in [0.25, 0.3) is 11.8 Å². The van der Waals surface area contributed by atoms with Crippen molar-refractivity contribution >= 4 is 17.5 Å². The van der Waals surface area contributed by atoms with Gasteiger partial charge in [0.1, 0.15) is 5.82 Å². The van der Waals surface area contributed by atoms with E-state index in [0.717, 1.165) is 38.2 Å². The molecule has 2 aromatic rings. The molecule has 6 heteroatoms. The topological polar surface area (TPSA) is 61.4 Å². The van der Waals surface area contributed by atoms with E-state index in [1.807, 2.05) is 24.3 Å². The molecule has 0 spiro atoms. The molecule has 5 nitrogen and oxygen atoms in total. The summed E-state index contributed by atoms with van der Waals surface area (Å²) in [6.45, 7) is 2.28. The van der Waals surface area contributed by atoms with Crippen LogP contribution in [0.3, 0.4) is 0 Å². The zero-order chi connectivity index (χ0) is 20.2. The Labute approximate surface area is 170 Å². The summed E-state index contributed by atoms with van der Waals surface area (Å²) >= 11 is 0. The van der Waals surface area contributed by atoms with E-state index in [1.165, 1.54) is 37.1 Å². The first-order valence-electron chi connectivity index (χ1n) is 10.3. The van der Waals surface area contributed by atoms with Gasteiger partial charge in [0, 0.05) is 36.9 Å². The highest BCUT2D eigenvalue weighted by Crippen LogP contribution is 2.28. The van der Waals surface area contributed by atoms with Gasteiger partial charge in [-0.1, -0.05) is 12.1 Å². The molecule has 0 atom stereocenters. The summed E-state index contributed by atoms with van der Waals surface area (Å²) in [5.74, 6) is 0.101. The van der Waals surface area contributed by atoms with Gasteiger partial charge >= 0.3 is 0 Å². The zero-order valence-electron chi connectivity index (χ0n) is 16.4. The largest absolute Gasteiger partial charge is 0.371 e. The molecule has 2 N–H and O–H groups in total. The number of halogens is 1. The van der Waals surface area contributed by atoms with Crippen LogP contribution in [-0.4, -0.2) is 37.5 Å². The summed E-state index contributed by atoms with van der Waals surface area (Å²) < 4.78 is 13.0. The molecule has 2 aliphatic rings. The van der Waals surface area contributed by atoms with E-state index in [4.69, 9.17) is 0 Å². The summed E-state index contributed by atoms with van der Waals surface area (Å²) in [6, 6.07) is 13.4. The summed E-state index contributed by atoms with van der Waals surface area (Å²) in [6.07, 6.45) is 4.01. The first-order valence-corrected chi connectivity index (χ1v) is 10.3. The minimum atomic E-state index is -0.352. The van der Waals surface area contributed by atoms with Crippen molar-refractivity contribution in [1.29, 1.82) is 0 Å². The molecular weight excluding hydrogens is 369 g/mol. The van der Waals surface area contributed by atoms with Gasteiger partial charge in [0.15, 0.2) is 0 Å². The lowest BCUT2D eigenvalue weighted by atomic mass is 10.0. The van der Waals surface area contributed by atoms with E-state index >= 15 is 0 Å². The molecule has 2 aromatic carbocycles. The molecule has 0 unspecified atom stereocenters. The highest BCUT2D eigenvalue weighted by molar-refractivity contribution is 6.00. The SMILES string of the molecule is O=C(NC1CCN(c2ccccc2C(=O)NCC2CC2)CC1)c1ccc(F)cc1. The van der Waals surface area contributed by atoms with E-state index < -0.39 is 0 Å². The smallest absolute Gasteiger partial charge is 0.253 e. The number of hydrogen-bond donors (Lipinski definition) is 2. The molecule has 1 aliphatic heterocycles. The zero-order valence-corrected chi connectivity index (χ0v) is 16.4. The average molecular weight is 395 g/mol. The molecule has 0 aromatic heterocycles. The second-order valence-corrected chi connectivity index (χ2v) is 7.91. The van der Waals surface area contributed by atoms with Crippen LogP contribution < -0.4 is 15.5 Å². The maximum Gasteiger partial charge on any atom is 0.253 e. The minimum absolute atomic E-state index is 0.0146. The third-order valence-electron chi connectivity index (χ3n) is 5.67. The van der Waals surface area contributed by atoms with Gasteiger partial charge in [-0.25, -0.2) is 4.39 Å². The number of nitrogens with one attached hydrogen (secondary N) is 2. The fraction of sp³-hybridized carbons (Fsp3) is 0.391. The first-order chi connectivity index (χ1) is 14.1. The van der Waals surface area contributed by atoms with Crippen LogP contribution in [0.1, 0.15) is 46.4 Å². The average Bonchev–Trinajstić information content (AvgIpc) is 3.57. The molecule has 29 heavy (non-hydrogen) atoms. The molecule has 0 bridgehead atoms. The molecule has 2 amide bonds. The number of nitrogens with zero attached hydrogens (tertiary/aromatic N) is 1. The van der Waals surface area contributed by atoms with Crippen molar-refractivity contribution in [2.45, 2.75) is 31.7 Å². The number of para-hydroxylation sites is 1. The maximum atomic E-state index is 13.0. The predicted molar refractivity (Wildman–Crippen MR) is 111 cm³/mol. The molecule has 2 fully saturated rings. The summed E-state index contributed by atoms with van der Waals surface area (Å²) in [4.78, 5) is 27.2. The van der Waals surface area contributed by atoms with Crippen LogP contribution in [0, 0.1) is 11.7 Å². The Kier molecular flexibility index (Phi) is 5.79. The Balaban J connectivity index is 1.34. The Morgan fingerprint density at radius 2 is 1.62 bits per heavy atom. The lowest BCUT2D eigenvalue weighted by molar-refractivity contribution is 0.0929. The Bertz CT molecular complexity index is 872. The monoisotopic (exact) mass is 395 g/mol. The Morgan fingerprint density at radius 1 is 0.931 bits per heavy atom.